The van der Waals surface area contributed by atoms with Crippen LogP contribution < -0.4 is 5.30 Å². The summed E-state index contributed by atoms with van der Waals surface area (Å²) in [6, 6.07) is 11.1. The second kappa shape index (κ2) is 13.3. The van der Waals surface area contributed by atoms with Gasteiger partial charge in [0.15, 0.2) is 0 Å². The van der Waals surface area contributed by atoms with E-state index in [4.69, 9.17) is 0 Å². The summed E-state index contributed by atoms with van der Waals surface area (Å²) in [5.41, 5.74) is 0. The molecule has 0 aromatic heterocycles. The molecule has 0 nitrogen and oxygen atoms in total. The van der Waals surface area contributed by atoms with Gasteiger partial charge in [-0.05, 0) is 24.6 Å². The second-order valence-electron chi connectivity index (χ2n) is 6.29. The van der Waals surface area contributed by atoms with Gasteiger partial charge >= 0.3 is 0 Å². The molecule has 120 valence electrons. The Kier molecular flexibility index (Phi) is 11.9. The summed E-state index contributed by atoms with van der Waals surface area (Å²) in [4.78, 5) is 0. The summed E-state index contributed by atoms with van der Waals surface area (Å²) in [5, 5.41) is 1.57. The van der Waals surface area contributed by atoms with Gasteiger partial charge in [-0.3, -0.25) is 0 Å². The smallest absolute Gasteiger partial charge is 0.0243 e. The molecule has 0 saturated carbocycles. The van der Waals surface area contributed by atoms with Gasteiger partial charge in [0.2, 0.25) is 0 Å². The van der Waals surface area contributed by atoms with E-state index in [0.717, 1.165) is 0 Å². The minimum absolute atomic E-state index is 0.0880. The molecule has 0 N–H and O–H groups in total. The summed E-state index contributed by atoms with van der Waals surface area (Å²) < 4.78 is 0. The van der Waals surface area contributed by atoms with Crippen molar-refractivity contribution in [3.05, 3.63) is 30.3 Å². The lowest BCUT2D eigenvalue weighted by Crippen LogP contribution is -2.01. The topological polar surface area (TPSA) is 0 Å². The predicted molar refractivity (Wildman–Crippen MR) is 100 cm³/mol. The van der Waals surface area contributed by atoms with Crippen molar-refractivity contribution in [3.63, 3.8) is 0 Å². The Hall–Kier alpha value is -0.350. The zero-order chi connectivity index (χ0) is 15.2. The fourth-order valence-corrected chi connectivity index (χ4v) is 4.46. The highest BCUT2D eigenvalue weighted by molar-refractivity contribution is 7.64. The van der Waals surface area contributed by atoms with E-state index in [1.165, 1.54) is 76.8 Å². The van der Waals surface area contributed by atoms with Crippen molar-refractivity contribution < 1.29 is 0 Å². The lowest BCUT2D eigenvalue weighted by atomic mass is 10.1. The number of hydrogen-bond acceptors (Lipinski definition) is 0. The third kappa shape index (κ3) is 10.1. The molecule has 1 aromatic carbocycles. The highest BCUT2D eigenvalue weighted by Gasteiger charge is 2.03. The summed E-state index contributed by atoms with van der Waals surface area (Å²) >= 11 is 0. The SMILES string of the molecule is CCCCCCCCCCCCCP(C)c1ccccc1. The lowest BCUT2D eigenvalue weighted by Gasteiger charge is -2.12. The van der Waals surface area contributed by atoms with Crippen molar-refractivity contribution in [3.8, 4) is 0 Å². The molecule has 0 aliphatic carbocycles. The molecule has 0 bridgehead atoms. The molecule has 1 atom stereocenters. The molecule has 1 heteroatoms. The molecule has 0 aliphatic heterocycles. The third-order valence-electron chi connectivity index (χ3n) is 4.29. The monoisotopic (exact) mass is 306 g/mol. The lowest BCUT2D eigenvalue weighted by molar-refractivity contribution is 0.555. The van der Waals surface area contributed by atoms with Crippen LogP contribution in [0, 0.1) is 0 Å². The Morgan fingerprint density at radius 2 is 1.14 bits per heavy atom. The minimum Gasteiger partial charge on any atom is -0.0785 e. The fourth-order valence-electron chi connectivity index (χ4n) is 2.82. The van der Waals surface area contributed by atoms with Crippen LogP contribution in [0.2, 0.25) is 0 Å². The third-order valence-corrected chi connectivity index (χ3v) is 6.46. The highest BCUT2D eigenvalue weighted by Crippen LogP contribution is 2.30. The van der Waals surface area contributed by atoms with Crippen LogP contribution in [0.5, 0.6) is 0 Å². The van der Waals surface area contributed by atoms with Gasteiger partial charge < -0.3 is 0 Å². The van der Waals surface area contributed by atoms with Gasteiger partial charge in [0, 0.05) is 0 Å². The molecule has 0 radical (unpaired) electrons. The van der Waals surface area contributed by atoms with E-state index < -0.39 is 0 Å². The molecule has 1 rings (SSSR count). The molecular formula is C20H35P. The summed E-state index contributed by atoms with van der Waals surface area (Å²) in [6.07, 6.45) is 17.3. The van der Waals surface area contributed by atoms with E-state index in [-0.39, 0.29) is 7.92 Å². The van der Waals surface area contributed by atoms with Gasteiger partial charge in [-0.25, -0.2) is 0 Å². The Labute approximate surface area is 134 Å². The van der Waals surface area contributed by atoms with Crippen LogP contribution in [0.4, 0.5) is 0 Å². The van der Waals surface area contributed by atoms with Crippen molar-refractivity contribution in [1.82, 2.24) is 0 Å². The Morgan fingerprint density at radius 3 is 1.67 bits per heavy atom. The van der Waals surface area contributed by atoms with Crippen LogP contribution in [0.25, 0.3) is 0 Å². The first-order chi connectivity index (χ1) is 10.3. The van der Waals surface area contributed by atoms with Gasteiger partial charge in [-0.2, -0.15) is 0 Å². The van der Waals surface area contributed by atoms with Crippen LogP contribution in [0.1, 0.15) is 77.6 Å². The molecule has 1 aromatic rings. The zero-order valence-electron chi connectivity index (χ0n) is 14.3. The first-order valence-electron chi connectivity index (χ1n) is 9.10. The molecule has 0 heterocycles. The van der Waals surface area contributed by atoms with Gasteiger partial charge in [0.1, 0.15) is 0 Å². The van der Waals surface area contributed by atoms with Crippen molar-refractivity contribution >= 4 is 13.2 Å². The van der Waals surface area contributed by atoms with Gasteiger partial charge in [-0.15, -0.1) is 0 Å². The van der Waals surface area contributed by atoms with Crippen molar-refractivity contribution in [2.24, 2.45) is 0 Å². The van der Waals surface area contributed by atoms with E-state index in [0.29, 0.717) is 0 Å². The number of benzene rings is 1. The van der Waals surface area contributed by atoms with Crippen LogP contribution in [0.3, 0.4) is 0 Å². The summed E-state index contributed by atoms with van der Waals surface area (Å²) in [5.74, 6) is 0. The van der Waals surface area contributed by atoms with Gasteiger partial charge in [0.25, 0.3) is 0 Å². The number of hydrogen-bond donors (Lipinski definition) is 0. The van der Waals surface area contributed by atoms with Crippen LogP contribution in [0.15, 0.2) is 30.3 Å². The Balaban J connectivity index is 1.86. The molecule has 0 fully saturated rings. The van der Waals surface area contributed by atoms with Gasteiger partial charge in [-0.1, -0.05) is 109 Å². The van der Waals surface area contributed by atoms with Crippen LogP contribution in [-0.4, -0.2) is 12.8 Å². The fraction of sp³-hybridized carbons (Fsp3) is 0.700. The number of rotatable bonds is 13. The standard InChI is InChI=1S/C20H35P/c1-3-4-5-6-7-8-9-10-11-12-16-19-21(2)20-17-14-13-15-18-20/h13-15,17-18H,3-12,16,19H2,1-2H3. The van der Waals surface area contributed by atoms with E-state index in [1.54, 1.807) is 5.30 Å². The first-order valence-corrected chi connectivity index (χ1v) is 11.1. The molecule has 21 heavy (non-hydrogen) atoms. The Bertz CT molecular complexity index is 320. The molecule has 0 spiro atoms. The zero-order valence-corrected chi connectivity index (χ0v) is 15.2. The minimum atomic E-state index is 0.0880. The average Bonchev–Trinajstić information content (AvgIpc) is 2.53. The average molecular weight is 306 g/mol. The van der Waals surface area contributed by atoms with Gasteiger partial charge in [0.05, 0.1) is 0 Å². The quantitative estimate of drug-likeness (QED) is 0.280. The first kappa shape index (κ1) is 18.7. The van der Waals surface area contributed by atoms with Crippen molar-refractivity contribution in [2.45, 2.75) is 77.6 Å². The van der Waals surface area contributed by atoms with E-state index >= 15 is 0 Å². The van der Waals surface area contributed by atoms with E-state index in [1.807, 2.05) is 0 Å². The highest BCUT2D eigenvalue weighted by atomic mass is 31.1. The maximum atomic E-state index is 2.43. The molecule has 0 saturated heterocycles. The molecule has 0 amide bonds. The largest absolute Gasteiger partial charge is 0.0785 e. The number of unbranched alkanes of at least 4 members (excludes halogenated alkanes) is 10. The van der Waals surface area contributed by atoms with E-state index in [9.17, 15) is 0 Å². The summed E-state index contributed by atoms with van der Waals surface area (Å²) in [7, 11) is 0.0880. The summed E-state index contributed by atoms with van der Waals surface area (Å²) in [6.45, 7) is 4.72. The normalized spacial score (nSPS) is 12.5. The maximum Gasteiger partial charge on any atom is -0.0243 e. The van der Waals surface area contributed by atoms with Crippen LogP contribution >= 0.6 is 7.92 Å². The van der Waals surface area contributed by atoms with Crippen LogP contribution in [-0.2, 0) is 0 Å². The predicted octanol–water partition coefficient (Wildman–Crippen LogP) is 6.73. The molecular weight excluding hydrogens is 271 g/mol. The Morgan fingerprint density at radius 1 is 0.667 bits per heavy atom. The van der Waals surface area contributed by atoms with E-state index in [2.05, 4.69) is 43.9 Å². The maximum absolute atomic E-state index is 2.43. The van der Waals surface area contributed by atoms with Crippen molar-refractivity contribution in [2.75, 3.05) is 12.8 Å². The molecule has 0 aliphatic rings. The van der Waals surface area contributed by atoms with Crippen molar-refractivity contribution in [1.29, 1.82) is 0 Å². The second-order valence-corrected chi connectivity index (χ2v) is 8.65. The molecule has 1 unspecified atom stereocenters.